The number of nitrogens with one attached hydrogen (secondary N) is 2. The first-order valence-electron chi connectivity index (χ1n) is 6.08. The van der Waals surface area contributed by atoms with Crippen molar-refractivity contribution in [3.63, 3.8) is 0 Å². The molecular formula is C12H18N2O4. The molecule has 4 atom stereocenters. The van der Waals surface area contributed by atoms with E-state index in [0.717, 1.165) is 0 Å². The summed E-state index contributed by atoms with van der Waals surface area (Å²) in [7, 11) is 1.80. The standard InChI is InChI=1S/C12H18N2O4/c1-13-10-6-18-5-9(10)11(15)14-8-3-2-7(4-8)12(16)17/h2-3,7-10,13H,4-6H2,1H3,(H,14,15)(H,16,17). The minimum Gasteiger partial charge on any atom is -0.481 e. The van der Waals surface area contributed by atoms with Crippen LogP contribution in [0.15, 0.2) is 12.2 Å². The average Bonchev–Trinajstić information content (AvgIpc) is 2.96. The molecule has 1 heterocycles. The van der Waals surface area contributed by atoms with Gasteiger partial charge in [-0.2, -0.15) is 0 Å². The van der Waals surface area contributed by atoms with Crippen LogP contribution in [0.25, 0.3) is 0 Å². The molecule has 2 aliphatic rings. The van der Waals surface area contributed by atoms with Crippen molar-refractivity contribution in [3.05, 3.63) is 12.2 Å². The molecule has 3 N–H and O–H groups in total. The number of carboxylic acid groups (broad SMARTS) is 1. The number of hydrogen-bond donors (Lipinski definition) is 3. The largest absolute Gasteiger partial charge is 0.481 e. The molecule has 4 unspecified atom stereocenters. The van der Waals surface area contributed by atoms with Crippen molar-refractivity contribution in [1.29, 1.82) is 0 Å². The summed E-state index contributed by atoms with van der Waals surface area (Å²) >= 11 is 0. The van der Waals surface area contributed by atoms with Crippen molar-refractivity contribution in [3.8, 4) is 0 Å². The zero-order valence-corrected chi connectivity index (χ0v) is 10.3. The smallest absolute Gasteiger partial charge is 0.310 e. The second kappa shape index (κ2) is 5.49. The third-order valence-electron chi connectivity index (χ3n) is 3.52. The quantitative estimate of drug-likeness (QED) is 0.581. The lowest BCUT2D eigenvalue weighted by Gasteiger charge is -2.19. The fourth-order valence-corrected chi connectivity index (χ4v) is 2.38. The highest BCUT2D eigenvalue weighted by atomic mass is 16.5. The van der Waals surface area contributed by atoms with E-state index in [1.54, 1.807) is 19.2 Å². The molecule has 0 aromatic heterocycles. The summed E-state index contributed by atoms with van der Waals surface area (Å²) in [6, 6.07) is -0.151. The van der Waals surface area contributed by atoms with Crippen LogP contribution in [0.4, 0.5) is 0 Å². The maximum atomic E-state index is 12.0. The highest BCUT2D eigenvalue weighted by Gasteiger charge is 2.34. The lowest BCUT2D eigenvalue weighted by molar-refractivity contribution is -0.140. The van der Waals surface area contributed by atoms with Crippen LogP contribution >= 0.6 is 0 Å². The van der Waals surface area contributed by atoms with Crippen molar-refractivity contribution < 1.29 is 19.4 Å². The molecule has 0 radical (unpaired) electrons. The first-order valence-corrected chi connectivity index (χ1v) is 6.08. The second-order valence-electron chi connectivity index (χ2n) is 4.72. The van der Waals surface area contributed by atoms with Gasteiger partial charge in [0.15, 0.2) is 0 Å². The third-order valence-corrected chi connectivity index (χ3v) is 3.52. The molecule has 6 heteroatoms. The van der Waals surface area contributed by atoms with E-state index in [4.69, 9.17) is 9.84 Å². The predicted octanol–water partition coefficient (Wildman–Crippen LogP) is -0.634. The molecule has 0 spiro atoms. The second-order valence-corrected chi connectivity index (χ2v) is 4.72. The van der Waals surface area contributed by atoms with Crippen LogP contribution in [0.5, 0.6) is 0 Å². The van der Waals surface area contributed by atoms with Crippen molar-refractivity contribution in [2.24, 2.45) is 11.8 Å². The Hall–Kier alpha value is -1.40. The van der Waals surface area contributed by atoms with Crippen LogP contribution in [-0.2, 0) is 14.3 Å². The van der Waals surface area contributed by atoms with Crippen molar-refractivity contribution in [1.82, 2.24) is 10.6 Å². The topological polar surface area (TPSA) is 87.7 Å². The fraction of sp³-hybridized carbons (Fsp3) is 0.667. The minimum atomic E-state index is -0.847. The van der Waals surface area contributed by atoms with Crippen molar-refractivity contribution >= 4 is 11.9 Å². The Morgan fingerprint density at radius 1 is 1.33 bits per heavy atom. The van der Waals surface area contributed by atoms with Crippen LogP contribution in [-0.4, -0.2) is 49.3 Å². The van der Waals surface area contributed by atoms with E-state index in [0.29, 0.717) is 19.6 Å². The fourth-order valence-electron chi connectivity index (χ4n) is 2.38. The normalized spacial score (nSPS) is 34.7. The van der Waals surface area contributed by atoms with E-state index in [9.17, 15) is 9.59 Å². The van der Waals surface area contributed by atoms with Gasteiger partial charge in [0.05, 0.1) is 25.0 Å². The van der Waals surface area contributed by atoms with Gasteiger partial charge in [-0.15, -0.1) is 0 Å². The molecule has 0 aromatic carbocycles. The summed E-state index contributed by atoms with van der Waals surface area (Å²) < 4.78 is 5.27. The van der Waals surface area contributed by atoms with E-state index >= 15 is 0 Å². The van der Waals surface area contributed by atoms with Gasteiger partial charge in [0, 0.05) is 12.1 Å². The van der Waals surface area contributed by atoms with Crippen molar-refractivity contribution in [2.75, 3.05) is 20.3 Å². The van der Waals surface area contributed by atoms with Gasteiger partial charge in [-0.1, -0.05) is 12.2 Å². The number of hydrogen-bond acceptors (Lipinski definition) is 4. The Labute approximate surface area is 105 Å². The monoisotopic (exact) mass is 254 g/mol. The summed E-state index contributed by atoms with van der Waals surface area (Å²) in [5.41, 5.74) is 0. The third kappa shape index (κ3) is 2.70. The molecule has 18 heavy (non-hydrogen) atoms. The van der Waals surface area contributed by atoms with Crippen LogP contribution in [0, 0.1) is 11.8 Å². The molecule has 1 aliphatic carbocycles. The number of carbonyl (C=O) groups is 2. The summed E-state index contributed by atoms with van der Waals surface area (Å²) in [5.74, 6) is -1.62. The lowest BCUT2D eigenvalue weighted by Crippen LogP contribution is -2.45. The highest BCUT2D eigenvalue weighted by molar-refractivity contribution is 5.81. The molecule has 1 aliphatic heterocycles. The average molecular weight is 254 g/mol. The molecule has 1 saturated heterocycles. The molecule has 0 saturated carbocycles. The molecule has 0 bridgehead atoms. The minimum absolute atomic E-state index is 0.0330. The van der Waals surface area contributed by atoms with E-state index < -0.39 is 11.9 Å². The van der Waals surface area contributed by atoms with E-state index in [1.165, 1.54) is 0 Å². The molecule has 100 valence electrons. The summed E-state index contributed by atoms with van der Waals surface area (Å²) in [6.45, 7) is 0.947. The Morgan fingerprint density at radius 3 is 2.72 bits per heavy atom. The number of carboxylic acids is 1. The maximum Gasteiger partial charge on any atom is 0.310 e. The highest BCUT2D eigenvalue weighted by Crippen LogP contribution is 2.20. The number of aliphatic carboxylic acids is 1. The molecule has 1 fully saturated rings. The van der Waals surface area contributed by atoms with Crippen molar-refractivity contribution in [2.45, 2.75) is 18.5 Å². The first kappa shape index (κ1) is 13.0. The predicted molar refractivity (Wildman–Crippen MR) is 64.0 cm³/mol. The summed E-state index contributed by atoms with van der Waals surface area (Å²) in [6.07, 6.45) is 3.81. The van der Waals surface area contributed by atoms with Gasteiger partial charge in [0.2, 0.25) is 5.91 Å². The van der Waals surface area contributed by atoms with Gasteiger partial charge in [0.1, 0.15) is 0 Å². The zero-order valence-electron chi connectivity index (χ0n) is 10.3. The van der Waals surface area contributed by atoms with Gasteiger partial charge < -0.3 is 20.5 Å². The molecule has 2 rings (SSSR count). The molecule has 1 amide bonds. The SMILES string of the molecule is CNC1COCC1C(=O)NC1C=CC(C(=O)O)C1. The number of ether oxygens (including phenoxy) is 1. The number of amides is 1. The zero-order chi connectivity index (χ0) is 13.1. The van der Waals surface area contributed by atoms with E-state index in [1.807, 2.05) is 0 Å². The van der Waals surface area contributed by atoms with Crippen LogP contribution in [0.3, 0.4) is 0 Å². The number of likely N-dealkylation sites (N-methyl/N-ethyl adjacent to an activating group) is 1. The van der Waals surface area contributed by atoms with E-state index in [2.05, 4.69) is 10.6 Å². The van der Waals surface area contributed by atoms with Gasteiger partial charge in [0.25, 0.3) is 0 Å². The maximum absolute atomic E-state index is 12.0. The van der Waals surface area contributed by atoms with Gasteiger partial charge >= 0.3 is 5.97 Å². The van der Waals surface area contributed by atoms with E-state index in [-0.39, 0.29) is 23.9 Å². The molecule has 0 aromatic rings. The number of rotatable bonds is 4. The van der Waals surface area contributed by atoms with Crippen LogP contribution < -0.4 is 10.6 Å². The summed E-state index contributed by atoms with van der Waals surface area (Å²) in [5, 5.41) is 14.8. The Kier molecular flexibility index (Phi) is 3.98. The van der Waals surface area contributed by atoms with Gasteiger partial charge in [-0.05, 0) is 13.5 Å². The lowest BCUT2D eigenvalue weighted by atomic mass is 10.0. The Bertz CT molecular complexity index is 369. The van der Waals surface area contributed by atoms with Gasteiger partial charge in [-0.3, -0.25) is 9.59 Å². The van der Waals surface area contributed by atoms with Crippen LogP contribution in [0.2, 0.25) is 0 Å². The first-order chi connectivity index (χ1) is 8.61. The molecular weight excluding hydrogens is 236 g/mol. The number of carbonyl (C=O) groups excluding carboxylic acids is 1. The van der Waals surface area contributed by atoms with Gasteiger partial charge in [-0.25, -0.2) is 0 Å². The Balaban J connectivity index is 1.85. The van der Waals surface area contributed by atoms with Crippen LogP contribution in [0.1, 0.15) is 6.42 Å². The summed E-state index contributed by atoms with van der Waals surface area (Å²) in [4.78, 5) is 22.8. The molecule has 6 nitrogen and oxygen atoms in total. The Morgan fingerprint density at radius 2 is 2.11 bits per heavy atom.